The summed E-state index contributed by atoms with van der Waals surface area (Å²) >= 11 is 4.72. The Balaban J connectivity index is 0.00000128. The van der Waals surface area contributed by atoms with E-state index in [0.29, 0.717) is 5.75 Å². The third kappa shape index (κ3) is 3.05. The first-order chi connectivity index (χ1) is 7.16. The van der Waals surface area contributed by atoms with Crippen molar-refractivity contribution in [2.24, 2.45) is 5.73 Å². The van der Waals surface area contributed by atoms with E-state index in [0.717, 1.165) is 21.5 Å². The topological polar surface area (TPSA) is 68.3 Å². The minimum atomic E-state index is 0. The van der Waals surface area contributed by atoms with Crippen LogP contribution < -0.4 is 15.2 Å². The molecule has 1 aliphatic rings. The molecular weight excluding hydrogens is 360 g/mol. The normalized spacial score (nSPS) is 12.1. The highest BCUT2D eigenvalue weighted by atomic mass is 79.9. The van der Waals surface area contributed by atoms with Gasteiger partial charge in [0.25, 0.3) is 0 Å². The van der Waals surface area contributed by atoms with Crippen LogP contribution in [-0.4, -0.2) is 12.0 Å². The van der Waals surface area contributed by atoms with Gasteiger partial charge in [-0.05, 0) is 17.7 Å². The molecule has 1 aliphatic heterocycles. The number of nitrogens with one attached hydrogen (secondary N) is 1. The van der Waals surface area contributed by atoms with E-state index in [1.807, 2.05) is 12.1 Å². The second-order valence-corrected chi connectivity index (χ2v) is 4.82. The SMILES string of the molecule is Br.N=C(N)SCc1cc2c(cc1Br)OCO2. The summed E-state index contributed by atoms with van der Waals surface area (Å²) in [6.07, 6.45) is 0. The van der Waals surface area contributed by atoms with E-state index in [1.54, 1.807) is 0 Å². The minimum Gasteiger partial charge on any atom is -0.454 e. The van der Waals surface area contributed by atoms with E-state index in [9.17, 15) is 0 Å². The van der Waals surface area contributed by atoms with Crippen LogP contribution >= 0.6 is 44.7 Å². The van der Waals surface area contributed by atoms with Crippen LogP contribution in [0, 0.1) is 5.41 Å². The number of hydrogen-bond acceptors (Lipinski definition) is 4. The summed E-state index contributed by atoms with van der Waals surface area (Å²) in [5, 5.41) is 7.25. The van der Waals surface area contributed by atoms with Gasteiger partial charge in [-0.3, -0.25) is 5.41 Å². The van der Waals surface area contributed by atoms with E-state index in [4.69, 9.17) is 20.6 Å². The van der Waals surface area contributed by atoms with Crippen molar-refractivity contribution in [3.05, 3.63) is 22.2 Å². The Bertz CT molecular complexity index is 415. The van der Waals surface area contributed by atoms with Crippen molar-refractivity contribution in [3.63, 3.8) is 0 Å². The molecule has 2 rings (SSSR count). The van der Waals surface area contributed by atoms with Crippen LogP contribution in [0.4, 0.5) is 0 Å². The van der Waals surface area contributed by atoms with Gasteiger partial charge in [-0.1, -0.05) is 27.7 Å². The molecule has 3 N–H and O–H groups in total. The second-order valence-electron chi connectivity index (χ2n) is 2.95. The van der Waals surface area contributed by atoms with Crippen molar-refractivity contribution in [1.82, 2.24) is 0 Å². The molecule has 0 radical (unpaired) electrons. The molecule has 0 spiro atoms. The lowest BCUT2D eigenvalue weighted by Crippen LogP contribution is -2.03. The molecule has 1 aromatic rings. The molecule has 0 atom stereocenters. The molecule has 4 nitrogen and oxygen atoms in total. The number of rotatable bonds is 2. The highest BCUT2D eigenvalue weighted by molar-refractivity contribution is 9.10. The Kier molecular flexibility index (Phi) is 4.94. The smallest absolute Gasteiger partial charge is 0.231 e. The first-order valence-electron chi connectivity index (χ1n) is 4.21. The predicted octanol–water partition coefficient (Wildman–Crippen LogP) is 2.88. The number of amidine groups is 1. The summed E-state index contributed by atoms with van der Waals surface area (Å²) in [6, 6.07) is 3.78. The highest BCUT2D eigenvalue weighted by Crippen LogP contribution is 2.37. The molecule has 0 unspecified atom stereocenters. The van der Waals surface area contributed by atoms with Crippen molar-refractivity contribution in [3.8, 4) is 11.5 Å². The molecule has 88 valence electrons. The van der Waals surface area contributed by atoms with Gasteiger partial charge in [0, 0.05) is 10.2 Å². The van der Waals surface area contributed by atoms with Crippen molar-refractivity contribution in [1.29, 1.82) is 5.41 Å². The Morgan fingerprint density at radius 2 is 2.06 bits per heavy atom. The van der Waals surface area contributed by atoms with Crippen LogP contribution in [0.25, 0.3) is 0 Å². The zero-order valence-electron chi connectivity index (χ0n) is 8.16. The van der Waals surface area contributed by atoms with Crippen molar-refractivity contribution in [2.75, 3.05) is 6.79 Å². The summed E-state index contributed by atoms with van der Waals surface area (Å²) in [4.78, 5) is 0. The first-order valence-corrected chi connectivity index (χ1v) is 5.99. The number of benzene rings is 1. The van der Waals surface area contributed by atoms with Gasteiger partial charge in [0.1, 0.15) is 0 Å². The van der Waals surface area contributed by atoms with Crippen LogP contribution in [0.5, 0.6) is 11.5 Å². The van der Waals surface area contributed by atoms with Gasteiger partial charge in [0.05, 0.1) is 0 Å². The van der Waals surface area contributed by atoms with Gasteiger partial charge in [0.15, 0.2) is 16.7 Å². The van der Waals surface area contributed by atoms with E-state index in [-0.39, 0.29) is 28.9 Å². The van der Waals surface area contributed by atoms with Crippen LogP contribution in [0.3, 0.4) is 0 Å². The summed E-state index contributed by atoms with van der Waals surface area (Å²) in [7, 11) is 0. The largest absolute Gasteiger partial charge is 0.454 e. The minimum absolute atomic E-state index is 0. The maximum Gasteiger partial charge on any atom is 0.231 e. The number of thioether (sulfide) groups is 1. The summed E-state index contributed by atoms with van der Waals surface area (Å²) in [5.74, 6) is 2.14. The van der Waals surface area contributed by atoms with Gasteiger partial charge >= 0.3 is 0 Å². The zero-order chi connectivity index (χ0) is 10.8. The van der Waals surface area contributed by atoms with Gasteiger partial charge < -0.3 is 15.2 Å². The van der Waals surface area contributed by atoms with Crippen LogP contribution in [0.1, 0.15) is 5.56 Å². The fraction of sp³-hybridized carbons (Fsp3) is 0.222. The molecule has 0 saturated carbocycles. The van der Waals surface area contributed by atoms with E-state index < -0.39 is 0 Å². The van der Waals surface area contributed by atoms with E-state index >= 15 is 0 Å². The third-order valence-corrected chi connectivity index (χ3v) is 3.43. The molecule has 0 fully saturated rings. The number of halogens is 2. The summed E-state index contributed by atoms with van der Waals surface area (Å²) in [6.45, 7) is 0.269. The number of ether oxygens (including phenoxy) is 2. The van der Waals surface area contributed by atoms with Gasteiger partial charge in [-0.2, -0.15) is 0 Å². The molecular formula is C9H10Br2N2O2S. The van der Waals surface area contributed by atoms with Crippen molar-refractivity contribution < 1.29 is 9.47 Å². The number of fused-ring (bicyclic) bond motifs is 1. The van der Waals surface area contributed by atoms with Crippen molar-refractivity contribution >= 4 is 49.8 Å². The predicted molar refractivity (Wildman–Crippen MR) is 73.8 cm³/mol. The lowest BCUT2D eigenvalue weighted by Gasteiger charge is -2.05. The quantitative estimate of drug-likeness (QED) is 0.621. The Morgan fingerprint density at radius 1 is 1.44 bits per heavy atom. The molecule has 7 heteroatoms. The van der Waals surface area contributed by atoms with E-state index in [1.165, 1.54) is 11.8 Å². The fourth-order valence-electron chi connectivity index (χ4n) is 1.23. The molecule has 0 aromatic heterocycles. The van der Waals surface area contributed by atoms with Gasteiger partial charge in [0.2, 0.25) is 6.79 Å². The molecule has 0 saturated heterocycles. The Hall–Kier alpha value is -0.400. The molecule has 1 heterocycles. The fourth-order valence-corrected chi connectivity index (χ4v) is 2.42. The lowest BCUT2D eigenvalue weighted by molar-refractivity contribution is 0.174. The van der Waals surface area contributed by atoms with Crippen LogP contribution in [0.15, 0.2) is 16.6 Å². The van der Waals surface area contributed by atoms with Crippen LogP contribution in [-0.2, 0) is 5.75 Å². The molecule has 0 amide bonds. The summed E-state index contributed by atoms with van der Waals surface area (Å²) < 4.78 is 11.4. The first kappa shape index (κ1) is 13.7. The van der Waals surface area contributed by atoms with Gasteiger partial charge in [-0.25, -0.2) is 0 Å². The maximum atomic E-state index is 7.14. The average molecular weight is 370 g/mol. The zero-order valence-corrected chi connectivity index (χ0v) is 12.3. The Morgan fingerprint density at radius 3 is 2.69 bits per heavy atom. The molecule has 16 heavy (non-hydrogen) atoms. The second kappa shape index (κ2) is 5.79. The van der Waals surface area contributed by atoms with E-state index in [2.05, 4.69) is 15.9 Å². The Labute approximate surface area is 116 Å². The average Bonchev–Trinajstić information content (AvgIpc) is 2.60. The number of hydrogen-bond donors (Lipinski definition) is 2. The summed E-state index contributed by atoms with van der Waals surface area (Å²) in [5.41, 5.74) is 6.32. The van der Waals surface area contributed by atoms with Crippen LogP contribution in [0.2, 0.25) is 0 Å². The third-order valence-electron chi connectivity index (χ3n) is 1.92. The lowest BCUT2D eigenvalue weighted by atomic mass is 10.2. The maximum absolute atomic E-state index is 7.14. The highest BCUT2D eigenvalue weighted by Gasteiger charge is 2.16. The number of nitrogens with two attached hydrogens (primary N) is 1. The molecule has 0 bridgehead atoms. The van der Waals surface area contributed by atoms with Crippen molar-refractivity contribution in [2.45, 2.75) is 5.75 Å². The standard InChI is InChI=1S/C9H9BrN2O2S.BrH/c10-6-2-8-7(13-4-14-8)1-5(6)3-15-9(11)12;/h1-2H,3-4H2,(H3,11,12);1H. The molecule has 1 aromatic carbocycles. The van der Waals surface area contributed by atoms with Gasteiger partial charge in [-0.15, -0.1) is 17.0 Å². The molecule has 0 aliphatic carbocycles. The monoisotopic (exact) mass is 368 g/mol.